The van der Waals surface area contributed by atoms with E-state index in [0.717, 1.165) is 23.6 Å². The number of rotatable bonds is 3. The summed E-state index contributed by atoms with van der Waals surface area (Å²) in [6.07, 6.45) is 3.68. The third-order valence-corrected chi connectivity index (χ3v) is 4.95. The lowest BCUT2D eigenvalue weighted by molar-refractivity contribution is -0.137. The summed E-state index contributed by atoms with van der Waals surface area (Å²) < 4.78 is 39.4. The van der Waals surface area contributed by atoms with E-state index < -0.39 is 17.6 Å². The summed E-state index contributed by atoms with van der Waals surface area (Å²) in [7, 11) is 0. The second-order valence-corrected chi connectivity index (χ2v) is 7.15. The summed E-state index contributed by atoms with van der Waals surface area (Å²) in [5, 5.41) is 0. The smallest absolute Gasteiger partial charge is 0.364 e. The van der Waals surface area contributed by atoms with E-state index in [4.69, 9.17) is 5.73 Å². The maximum absolute atomic E-state index is 12.6. The van der Waals surface area contributed by atoms with Crippen LogP contribution < -0.4 is 5.73 Å². The molecule has 0 aliphatic heterocycles. The summed E-state index contributed by atoms with van der Waals surface area (Å²) in [6, 6.07) is 8.50. The number of benzene rings is 1. The molecule has 3 aromatic rings. The van der Waals surface area contributed by atoms with Gasteiger partial charge >= 0.3 is 6.18 Å². The van der Waals surface area contributed by atoms with Crippen LogP contribution in [0.15, 0.2) is 48.9 Å². The third-order valence-electron chi connectivity index (χ3n) is 4.95. The van der Waals surface area contributed by atoms with Crippen molar-refractivity contribution in [2.45, 2.75) is 38.8 Å². The van der Waals surface area contributed by atoms with Gasteiger partial charge in [-0.1, -0.05) is 44.4 Å². The number of pyridine rings is 1. The highest BCUT2D eigenvalue weighted by atomic mass is 19.4. The lowest BCUT2D eigenvalue weighted by Gasteiger charge is -2.18. The molecule has 0 atom stereocenters. The molecule has 4 nitrogen and oxygen atoms in total. The number of halogens is 3. The van der Waals surface area contributed by atoms with Gasteiger partial charge < -0.3 is 10.1 Å². The molecule has 1 amide bonds. The highest BCUT2D eigenvalue weighted by molar-refractivity contribution is 5.98. The van der Waals surface area contributed by atoms with Crippen molar-refractivity contribution in [2.75, 3.05) is 0 Å². The van der Waals surface area contributed by atoms with Gasteiger partial charge in [-0.3, -0.25) is 4.79 Å². The van der Waals surface area contributed by atoms with Crippen molar-refractivity contribution in [1.29, 1.82) is 0 Å². The Bertz CT molecular complexity index is 957. The number of imidazole rings is 1. The predicted molar refractivity (Wildman–Crippen MR) is 101 cm³/mol. The molecule has 0 bridgehead atoms. The number of alkyl halides is 3. The van der Waals surface area contributed by atoms with Gasteiger partial charge in [0.25, 0.3) is 5.91 Å². The molecule has 1 saturated carbocycles. The van der Waals surface area contributed by atoms with E-state index in [0.29, 0.717) is 17.5 Å². The first-order valence-corrected chi connectivity index (χ1v) is 9.16. The quantitative estimate of drug-likeness (QED) is 0.696. The largest absolute Gasteiger partial charge is 0.416 e. The fourth-order valence-electron chi connectivity index (χ4n) is 3.09. The van der Waals surface area contributed by atoms with Crippen molar-refractivity contribution in [3.05, 3.63) is 71.3 Å². The number of aromatic nitrogens is 2. The fourth-order valence-corrected chi connectivity index (χ4v) is 3.09. The first-order valence-electron chi connectivity index (χ1n) is 9.16. The number of primary amides is 1. The summed E-state index contributed by atoms with van der Waals surface area (Å²) in [5.74, 6) is 0.419. The molecule has 2 N–H and O–H groups in total. The van der Waals surface area contributed by atoms with Gasteiger partial charge in [-0.15, -0.1) is 0 Å². The zero-order chi connectivity index (χ0) is 20.3. The van der Waals surface area contributed by atoms with Crippen molar-refractivity contribution in [3.8, 4) is 0 Å². The van der Waals surface area contributed by atoms with Gasteiger partial charge in [0.1, 0.15) is 6.33 Å². The predicted octanol–water partition coefficient (Wildman–Crippen LogP) is 4.85. The topological polar surface area (TPSA) is 60.4 Å². The Kier molecular flexibility index (Phi) is 5.72. The van der Waals surface area contributed by atoms with E-state index in [1.54, 1.807) is 22.7 Å². The Morgan fingerprint density at radius 3 is 2.36 bits per heavy atom. The number of amides is 1. The van der Waals surface area contributed by atoms with Gasteiger partial charge in [-0.05, 0) is 41.7 Å². The normalized spacial score (nSPS) is 14.3. The van der Waals surface area contributed by atoms with Crippen LogP contribution in [0.2, 0.25) is 0 Å². The average molecular weight is 389 g/mol. The van der Waals surface area contributed by atoms with Crippen LogP contribution in [-0.2, 0) is 12.6 Å². The minimum atomic E-state index is -4.36. The van der Waals surface area contributed by atoms with Crippen LogP contribution in [0.1, 0.15) is 53.4 Å². The minimum absolute atomic E-state index is 0.146. The van der Waals surface area contributed by atoms with Gasteiger partial charge in [0.2, 0.25) is 0 Å². The van der Waals surface area contributed by atoms with Crippen LogP contribution in [0.3, 0.4) is 0 Å². The maximum atomic E-state index is 12.6. The highest BCUT2D eigenvalue weighted by Crippen LogP contribution is 2.29. The van der Waals surface area contributed by atoms with E-state index in [2.05, 4.69) is 11.9 Å². The number of carbonyl (C=O) groups is 1. The molecule has 1 aliphatic rings. The lowest BCUT2D eigenvalue weighted by Crippen LogP contribution is -2.12. The molecule has 28 heavy (non-hydrogen) atoms. The molecule has 0 radical (unpaired) electrons. The molecule has 0 unspecified atom stereocenters. The minimum Gasteiger partial charge on any atom is -0.364 e. The van der Waals surface area contributed by atoms with Crippen molar-refractivity contribution in [2.24, 2.45) is 11.7 Å². The van der Waals surface area contributed by atoms with Crippen LogP contribution in [0.4, 0.5) is 13.2 Å². The van der Waals surface area contributed by atoms with Crippen LogP contribution in [0.25, 0.3) is 5.52 Å². The van der Waals surface area contributed by atoms with Gasteiger partial charge in [0.05, 0.1) is 11.1 Å². The van der Waals surface area contributed by atoms with E-state index in [9.17, 15) is 18.0 Å². The second-order valence-electron chi connectivity index (χ2n) is 7.15. The summed E-state index contributed by atoms with van der Waals surface area (Å²) in [6.45, 7) is 2.31. The number of hydrogen-bond acceptors (Lipinski definition) is 2. The lowest BCUT2D eigenvalue weighted by atomic mass is 9.88. The summed E-state index contributed by atoms with van der Waals surface area (Å²) in [4.78, 5) is 15.4. The Morgan fingerprint density at radius 2 is 1.86 bits per heavy atom. The SMILES string of the molecule is CC1CCC1.NC(=O)c1ncn2cccc(Cc3ccc(C(F)(F)F)cc3)c12. The molecule has 0 spiro atoms. The Labute approximate surface area is 161 Å². The molecule has 7 heteroatoms. The first kappa shape index (κ1) is 19.9. The Balaban J connectivity index is 0.000000391. The number of nitrogens with zero attached hydrogens (tertiary/aromatic N) is 2. The first-order chi connectivity index (χ1) is 13.3. The van der Waals surface area contributed by atoms with Gasteiger partial charge in [-0.25, -0.2) is 4.98 Å². The number of fused-ring (bicyclic) bond motifs is 1. The fraction of sp³-hybridized carbons (Fsp3) is 0.333. The zero-order valence-electron chi connectivity index (χ0n) is 15.5. The number of hydrogen-bond donors (Lipinski definition) is 1. The van der Waals surface area contributed by atoms with E-state index in [1.807, 2.05) is 0 Å². The van der Waals surface area contributed by atoms with Crippen LogP contribution in [0.5, 0.6) is 0 Å². The molecule has 1 aromatic carbocycles. The van der Waals surface area contributed by atoms with E-state index in [1.165, 1.54) is 37.7 Å². The van der Waals surface area contributed by atoms with Crippen molar-refractivity contribution >= 4 is 11.4 Å². The summed E-state index contributed by atoms with van der Waals surface area (Å²) >= 11 is 0. The average Bonchev–Trinajstić information content (AvgIpc) is 3.06. The molecule has 148 valence electrons. The van der Waals surface area contributed by atoms with Crippen molar-refractivity contribution in [1.82, 2.24) is 9.38 Å². The standard InChI is InChI=1S/C16H12F3N3O.C5H10/c17-16(18,19)12-5-3-10(4-6-12)8-11-2-1-7-22-9-21-13(14(11)22)15(20)23;1-5-3-2-4-5/h1-7,9H,8H2,(H2,20,23);5H,2-4H2,1H3. The Morgan fingerprint density at radius 1 is 1.21 bits per heavy atom. The zero-order valence-corrected chi connectivity index (χ0v) is 15.5. The molecule has 4 rings (SSSR count). The van der Waals surface area contributed by atoms with Crippen LogP contribution in [-0.4, -0.2) is 15.3 Å². The third kappa shape index (κ3) is 4.52. The van der Waals surface area contributed by atoms with Crippen LogP contribution in [0, 0.1) is 5.92 Å². The number of nitrogens with two attached hydrogens (primary N) is 1. The second kappa shape index (κ2) is 8.04. The molecule has 1 fully saturated rings. The molecular formula is C21H22F3N3O. The molecule has 0 saturated heterocycles. The van der Waals surface area contributed by atoms with Crippen molar-refractivity contribution in [3.63, 3.8) is 0 Å². The molecule has 1 aliphatic carbocycles. The monoisotopic (exact) mass is 389 g/mol. The maximum Gasteiger partial charge on any atom is 0.416 e. The Hall–Kier alpha value is -2.83. The van der Waals surface area contributed by atoms with Crippen molar-refractivity contribution < 1.29 is 18.0 Å². The van der Waals surface area contributed by atoms with E-state index in [-0.39, 0.29) is 5.69 Å². The summed E-state index contributed by atoms with van der Waals surface area (Å²) in [5.41, 5.74) is 6.80. The van der Waals surface area contributed by atoms with Gasteiger partial charge in [0, 0.05) is 6.20 Å². The highest BCUT2D eigenvalue weighted by Gasteiger charge is 2.29. The molecular weight excluding hydrogens is 367 g/mol. The number of carbonyl (C=O) groups excluding carboxylic acids is 1. The molecule has 2 heterocycles. The molecule has 2 aromatic heterocycles. The van der Waals surface area contributed by atoms with Crippen LogP contribution >= 0.6 is 0 Å². The van der Waals surface area contributed by atoms with E-state index >= 15 is 0 Å². The van der Waals surface area contributed by atoms with Gasteiger partial charge in [-0.2, -0.15) is 13.2 Å². The van der Waals surface area contributed by atoms with Gasteiger partial charge in [0.15, 0.2) is 5.69 Å².